The fourth-order valence-corrected chi connectivity index (χ4v) is 2.72. The molecule has 1 heterocycles. The van der Waals surface area contributed by atoms with Gasteiger partial charge in [0.15, 0.2) is 0 Å². The number of nitrogens with zero attached hydrogens (tertiary/aromatic N) is 2. The van der Waals surface area contributed by atoms with Crippen LogP contribution in [-0.4, -0.2) is 9.97 Å². The Hall–Kier alpha value is -1.77. The van der Waals surface area contributed by atoms with Crippen LogP contribution in [-0.2, 0) is 12.8 Å². The van der Waals surface area contributed by atoms with Crippen molar-refractivity contribution in [3.63, 3.8) is 0 Å². The first-order chi connectivity index (χ1) is 9.65. The summed E-state index contributed by atoms with van der Waals surface area (Å²) in [6, 6.07) is 6.64. The van der Waals surface area contributed by atoms with Crippen LogP contribution in [0.15, 0.2) is 24.3 Å². The first kappa shape index (κ1) is 13.2. The van der Waals surface area contributed by atoms with Crippen molar-refractivity contribution in [1.82, 2.24) is 9.97 Å². The molecular formula is C17H19FN2. The van der Waals surface area contributed by atoms with Gasteiger partial charge in [-0.3, -0.25) is 0 Å². The summed E-state index contributed by atoms with van der Waals surface area (Å²) in [5.41, 5.74) is 4.44. The Morgan fingerprint density at radius 1 is 1.00 bits per heavy atom. The maximum absolute atomic E-state index is 13.1. The molecule has 1 aliphatic carbocycles. The summed E-state index contributed by atoms with van der Waals surface area (Å²) in [7, 11) is 0. The summed E-state index contributed by atoms with van der Waals surface area (Å²) in [5, 5.41) is 0. The van der Waals surface area contributed by atoms with E-state index in [1.54, 1.807) is 0 Å². The van der Waals surface area contributed by atoms with E-state index < -0.39 is 0 Å². The Morgan fingerprint density at radius 3 is 2.40 bits per heavy atom. The van der Waals surface area contributed by atoms with Gasteiger partial charge in [-0.05, 0) is 49.9 Å². The fraction of sp³-hybridized carbons (Fsp3) is 0.412. The number of fused-ring (bicyclic) bond motifs is 1. The quantitative estimate of drug-likeness (QED) is 0.813. The van der Waals surface area contributed by atoms with Gasteiger partial charge in [0.1, 0.15) is 11.6 Å². The second-order valence-electron chi connectivity index (χ2n) is 5.72. The fourth-order valence-electron chi connectivity index (χ4n) is 2.72. The zero-order valence-electron chi connectivity index (χ0n) is 12.0. The third-order valence-corrected chi connectivity index (χ3v) is 3.83. The van der Waals surface area contributed by atoms with Gasteiger partial charge in [0, 0.05) is 22.7 Å². The third kappa shape index (κ3) is 2.45. The van der Waals surface area contributed by atoms with Crippen molar-refractivity contribution >= 4 is 0 Å². The van der Waals surface area contributed by atoms with Gasteiger partial charge >= 0.3 is 0 Å². The smallest absolute Gasteiger partial charge is 0.131 e. The molecule has 20 heavy (non-hydrogen) atoms. The van der Waals surface area contributed by atoms with E-state index >= 15 is 0 Å². The van der Waals surface area contributed by atoms with Crippen LogP contribution in [0.25, 0.3) is 11.3 Å². The van der Waals surface area contributed by atoms with Gasteiger partial charge in [0.25, 0.3) is 0 Å². The van der Waals surface area contributed by atoms with E-state index in [0.29, 0.717) is 5.92 Å². The predicted octanol–water partition coefficient (Wildman–Crippen LogP) is 4.28. The first-order valence-electron chi connectivity index (χ1n) is 7.31. The number of rotatable bonds is 2. The maximum atomic E-state index is 13.1. The van der Waals surface area contributed by atoms with E-state index in [0.717, 1.165) is 29.9 Å². The Balaban J connectivity index is 2.17. The summed E-state index contributed by atoms with van der Waals surface area (Å²) >= 11 is 0. The van der Waals surface area contributed by atoms with E-state index in [4.69, 9.17) is 9.97 Å². The third-order valence-electron chi connectivity index (χ3n) is 3.83. The van der Waals surface area contributed by atoms with E-state index in [-0.39, 0.29) is 5.82 Å². The van der Waals surface area contributed by atoms with Crippen molar-refractivity contribution in [2.24, 2.45) is 0 Å². The van der Waals surface area contributed by atoms with E-state index in [1.807, 2.05) is 12.1 Å². The minimum atomic E-state index is -0.208. The van der Waals surface area contributed by atoms with Crippen LogP contribution in [0.5, 0.6) is 0 Å². The molecule has 2 aromatic rings. The molecule has 0 saturated carbocycles. The molecule has 1 aromatic heterocycles. The number of aromatic nitrogens is 2. The molecule has 0 saturated heterocycles. The van der Waals surface area contributed by atoms with Gasteiger partial charge in [0.2, 0.25) is 0 Å². The van der Waals surface area contributed by atoms with Gasteiger partial charge in [-0.1, -0.05) is 13.8 Å². The summed E-state index contributed by atoms with van der Waals surface area (Å²) < 4.78 is 13.1. The predicted molar refractivity (Wildman–Crippen MR) is 78.2 cm³/mol. The molecule has 104 valence electrons. The van der Waals surface area contributed by atoms with E-state index in [1.165, 1.54) is 36.2 Å². The molecule has 2 nitrogen and oxygen atoms in total. The van der Waals surface area contributed by atoms with Gasteiger partial charge < -0.3 is 0 Å². The Kier molecular flexibility index (Phi) is 3.51. The summed E-state index contributed by atoms with van der Waals surface area (Å²) in [4.78, 5) is 9.48. The second-order valence-corrected chi connectivity index (χ2v) is 5.72. The minimum absolute atomic E-state index is 0.208. The van der Waals surface area contributed by atoms with Crippen molar-refractivity contribution in [3.05, 3.63) is 47.2 Å². The lowest BCUT2D eigenvalue weighted by atomic mass is 9.92. The van der Waals surface area contributed by atoms with E-state index in [9.17, 15) is 4.39 Å². The number of hydrogen-bond acceptors (Lipinski definition) is 2. The Labute approximate surface area is 119 Å². The monoisotopic (exact) mass is 270 g/mol. The van der Waals surface area contributed by atoms with Crippen molar-refractivity contribution in [3.8, 4) is 11.3 Å². The highest BCUT2D eigenvalue weighted by molar-refractivity contribution is 5.64. The molecule has 0 bridgehead atoms. The summed E-state index contributed by atoms with van der Waals surface area (Å²) in [6.07, 6.45) is 4.45. The molecule has 0 radical (unpaired) electrons. The van der Waals surface area contributed by atoms with Crippen molar-refractivity contribution in [2.75, 3.05) is 0 Å². The van der Waals surface area contributed by atoms with Crippen molar-refractivity contribution in [1.29, 1.82) is 0 Å². The van der Waals surface area contributed by atoms with Crippen LogP contribution in [0.1, 0.15) is 49.7 Å². The highest BCUT2D eigenvalue weighted by Crippen LogP contribution is 2.30. The van der Waals surface area contributed by atoms with Crippen LogP contribution in [0.4, 0.5) is 4.39 Å². The Morgan fingerprint density at radius 2 is 1.70 bits per heavy atom. The lowest BCUT2D eigenvalue weighted by Gasteiger charge is -2.20. The van der Waals surface area contributed by atoms with Crippen LogP contribution in [0.2, 0.25) is 0 Å². The molecule has 3 heteroatoms. The molecule has 0 aliphatic heterocycles. The standard InChI is InChI=1S/C17H19FN2/c1-11(2)17-19-15-6-4-3-5-14(15)16(20-17)12-7-9-13(18)10-8-12/h7-11H,3-6H2,1-2H3. The molecule has 0 unspecified atom stereocenters. The topological polar surface area (TPSA) is 25.8 Å². The molecule has 0 fully saturated rings. The second kappa shape index (κ2) is 5.31. The molecule has 1 aromatic carbocycles. The normalized spacial score (nSPS) is 14.4. The molecule has 0 amide bonds. The molecular weight excluding hydrogens is 251 g/mol. The largest absolute Gasteiger partial charge is 0.237 e. The lowest BCUT2D eigenvalue weighted by molar-refractivity contribution is 0.627. The lowest BCUT2D eigenvalue weighted by Crippen LogP contribution is -2.12. The average molecular weight is 270 g/mol. The number of halogens is 1. The van der Waals surface area contributed by atoms with Gasteiger partial charge in [0.05, 0.1) is 5.69 Å². The first-order valence-corrected chi connectivity index (χ1v) is 7.31. The molecule has 0 atom stereocenters. The maximum Gasteiger partial charge on any atom is 0.131 e. The van der Waals surface area contributed by atoms with Gasteiger partial charge in [-0.2, -0.15) is 0 Å². The molecule has 0 spiro atoms. The van der Waals surface area contributed by atoms with Crippen LogP contribution in [0, 0.1) is 5.82 Å². The van der Waals surface area contributed by atoms with Crippen LogP contribution in [0.3, 0.4) is 0 Å². The molecule has 3 rings (SSSR count). The van der Waals surface area contributed by atoms with Gasteiger partial charge in [-0.15, -0.1) is 0 Å². The average Bonchev–Trinajstić information content (AvgIpc) is 2.47. The zero-order valence-corrected chi connectivity index (χ0v) is 12.0. The summed E-state index contributed by atoms with van der Waals surface area (Å²) in [6.45, 7) is 4.22. The van der Waals surface area contributed by atoms with Crippen molar-refractivity contribution in [2.45, 2.75) is 45.4 Å². The molecule has 0 N–H and O–H groups in total. The number of hydrogen-bond donors (Lipinski definition) is 0. The SMILES string of the molecule is CC(C)c1nc2c(c(-c3ccc(F)cc3)n1)CCCC2. The summed E-state index contributed by atoms with van der Waals surface area (Å²) in [5.74, 6) is 0.993. The zero-order chi connectivity index (χ0) is 14.1. The van der Waals surface area contributed by atoms with Crippen molar-refractivity contribution < 1.29 is 4.39 Å². The van der Waals surface area contributed by atoms with E-state index in [2.05, 4.69) is 13.8 Å². The van der Waals surface area contributed by atoms with Crippen LogP contribution >= 0.6 is 0 Å². The minimum Gasteiger partial charge on any atom is -0.237 e. The highest BCUT2D eigenvalue weighted by atomic mass is 19.1. The van der Waals surface area contributed by atoms with Gasteiger partial charge in [-0.25, -0.2) is 14.4 Å². The number of aryl methyl sites for hydroxylation is 1. The number of benzene rings is 1. The molecule has 1 aliphatic rings. The Bertz CT molecular complexity index is 618. The highest BCUT2D eigenvalue weighted by Gasteiger charge is 2.19. The van der Waals surface area contributed by atoms with Crippen LogP contribution < -0.4 is 0 Å².